The molecule has 0 saturated carbocycles. The highest BCUT2D eigenvalue weighted by Crippen LogP contribution is 2.13. The molecule has 1 aromatic rings. The molecule has 146 valence electrons. The minimum absolute atomic E-state index is 0.0347. The van der Waals surface area contributed by atoms with Crippen LogP contribution in [0.25, 0.3) is 0 Å². The number of nitrogens with zero attached hydrogens (tertiary/aromatic N) is 1. The summed E-state index contributed by atoms with van der Waals surface area (Å²) in [6.07, 6.45) is -3.44. The highest BCUT2D eigenvalue weighted by atomic mass is 16.6. The summed E-state index contributed by atoms with van der Waals surface area (Å²) >= 11 is 0. The van der Waals surface area contributed by atoms with Crippen LogP contribution in [-0.4, -0.2) is 62.2 Å². The number of hydrogen-bond donors (Lipinski definition) is 4. The van der Waals surface area contributed by atoms with Gasteiger partial charge in [-0.25, -0.2) is 14.5 Å². The van der Waals surface area contributed by atoms with Crippen molar-refractivity contribution in [3.8, 4) is 0 Å². The highest BCUT2D eigenvalue weighted by molar-refractivity contribution is 6.00. The third kappa shape index (κ3) is 6.74. The molecule has 2 amide bonds. The van der Waals surface area contributed by atoms with Gasteiger partial charge in [0, 0.05) is 0 Å². The fraction of sp³-hybridized carbons (Fsp3) is 0.312. The molecule has 0 radical (unpaired) electrons. The maximum atomic E-state index is 12.3. The van der Waals surface area contributed by atoms with Gasteiger partial charge >= 0.3 is 24.0 Å². The molecule has 5 N–H and O–H groups in total. The van der Waals surface area contributed by atoms with E-state index in [9.17, 15) is 29.1 Å². The lowest BCUT2D eigenvalue weighted by molar-refractivity contribution is -0.154. The van der Waals surface area contributed by atoms with Gasteiger partial charge in [-0.1, -0.05) is 30.3 Å². The standard InChI is InChI=1S/C16H18N2O9/c17-10(6-12(19)20)14(23)18(11(15(24)25)7-13(21)22)16(26)27-8-9-4-2-1-3-5-9/h1-5,10-11H,6-8,17H2,(H,19,20)(H,21,22)(H,24,25)/t10-,11-/m0/s1. The number of carbonyl (C=O) groups excluding carboxylic acids is 2. The van der Waals surface area contributed by atoms with E-state index in [0.29, 0.717) is 5.56 Å². The molecule has 27 heavy (non-hydrogen) atoms. The van der Waals surface area contributed by atoms with Crippen LogP contribution in [0.15, 0.2) is 30.3 Å². The molecule has 0 spiro atoms. The van der Waals surface area contributed by atoms with E-state index in [2.05, 4.69) is 0 Å². The molecule has 0 aliphatic carbocycles. The summed E-state index contributed by atoms with van der Waals surface area (Å²) in [5.74, 6) is -6.21. The van der Waals surface area contributed by atoms with Gasteiger partial charge < -0.3 is 25.8 Å². The SMILES string of the molecule is N[C@@H](CC(=O)O)C(=O)N(C(=O)OCc1ccccc1)[C@@H](CC(=O)O)C(=O)O. The number of rotatable bonds is 9. The zero-order chi connectivity index (χ0) is 20.6. The molecule has 0 aliphatic heterocycles. The van der Waals surface area contributed by atoms with Crippen molar-refractivity contribution in [2.45, 2.75) is 31.5 Å². The number of aliphatic carboxylic acids is 3. The van der Waals surface area contributed by atoms with E-state index in [4.69, 9.17) is 20.7 Å². The Bertz CT molecular complexity index is 720. The third-order valence-electron chi connectivity index (χ3n) is 3.32. The quantitative estimate of drug-likeness (QED) is 0.449. The number of amides is 2. The number of ether oxygens (including phenoxy) is 1. The van der Waals surface area contributed by atoms with Crippen molar-refractivity contribution < 1.29 is 44.0 Å². The molecule has 11 heteroatoms. The van der Waals surface area contributed by atoms with Crippen LogP contribution in [0.3, 0.4) is 0 Å². The van der Waals surface area contributed by atoms with Gasteiger partial charge in [-0.05, 0) is 5.56 Å². The predicted molar refractivity (Wildman–Crippen MR) is 87.4 cm³/mol. The third-order valence-corrected chi connectivity index (χ3v) is 3.32. The molecule has 1 rings (SSSR count). The molecule has 1 aromatic carbocycles. The van der Waals surface area contributed by atoms with Gasteiger partial charge in [0.1, 0.15) is 6.61 Å². The minimum atomic E-state index is -2.11. The number of carbonyl (C=O) groups is 5. The molecule has 11 nitrogen and oxygen atoms in total. The number of carboxylic acids is 3. The largest absolute Gasteiger partial charge is 0.481 e. The fourth-order valence-electron chi connectivity index (χ4n) is 2.07. The van der Waals surface area contributed by atoms with Crippen LogP contribution >= 0.6 is 0 Å². The Morgan fingerprint density at radius 2 is 1.52 bits per heavy atom. The topological polar surface area (TPSA) is 185 Å². The molecule has 0 unspecified atom stereocenters. The summed E-state index contributed by atoms with van der Waals surface area (Å²) in [5, 5.41) is 26.8. The van der Waals surface area contributed by atoms with Crippen LogP contribution in [-0.2, 0) is 30.5 Å². The maximum absolute atomic E-state index is 12.3. The lowest BCUT2D eigenvalue weighted by atomic mass is 10.1. The van der Waals surface area contributed by atoms with E-state index in [1.165, 1.54) is 0 Å². The molecule has 0 saturated heterocycles. The number of imide groups is 1. The summed E-state index contributed by atoms with van der Waals surface area (Å²) in [6.45, 7) is -0.322. The Morgan fingerprint density at radius 1 is 0.963 bits per heavy atom. The van der Waals surface area contributed by atoms with Gasteiger partial charge in [-0.2, -0.15) is 0 Å². The number of hydrogen-bond acceptors (Lipinski definition) is 7. The lowest BCUT2D eigenvalue weighted by Gasteiger charge is -2.27. The fourth-order valence-corrected chi connectivity index (χ4v) is 2.07. The Morgan fingerprint density at radius 3 is 2.00 bits per heavy atom. The predicted octanol–water partition coefficient (Wildman–Crippen LogP) is -0.118. The van der Waals surface area contributed by atoms with E-state index < -0.39 is 54.8 Å². The van der Waals surface area contributed by atoms with Gasteiger partial charge in [0.2, 0.25) is 5.91 Å². The number of benzene rings is 1. The Balaban J connectivity index is 3.08. The van der Waals surface area contributed by atoms with Gasteiger partial charge in [-0.15, -0.1) is 0 Å². The first-order chi connectivity index (χ1) is 12.6. The van der Waals surface area contributed by atoms with Crippen molar-refractivity contribution in [2.75, 3.05) is 0 Å². The van der Waals surface area contributed by atoms with Gasteiger partial charge in [-0.3, -0.25) is 14.4 Å². The molecule has 0 aliphatic rings. The Kier molecular flexibility index (Phi) is 7.89. The average Bonchev–Trinajstić information content (AvgIpc) is 2.59. The first-order valence-electron chi connectivity index (χ1n) is 7.59. The first kappa shape index (κ1) is 21.6. The van der Waals surface area contributed by atoms with Crippen molar-refractivity contribution in [1.82, 2.24) is 4.90 Å². The van der Waals surface area contributed by atoms with Crippen LogP contribution < -0.4 is 5.73 Å². The average molecular weight is 382 g/mol. The number of nitrogens with two attached hydrogens (primary N) is 1. The molecule has 2 atom stereocenters. The van der Waals surface area contributed by atoms with Crippen molar-refractivity contribution in [1.29, 1.82) is 0 Å². The van der Waals surface area contributed by atoms with Crippen LogP contribution in [0, 0.1) is 0 Å². The summed E-state index contributed by atoms with van der Waals surface area (Å²) < 4.78 is 4.89. The normalized spacial score (nSPS) is 12.5. The van der Waals surface area contributed by atoms with Crippen LogP contribution in [0.5, 0.6) is 0 Å². The van der Waals surface area contributed by atoms with Crippen molar-refractivity contribution in [3.63, 3.8) is 0 Å². The van der Waals surface area contributed by atoms with Gasteiger partial charge in [0.15, 0.2) is 6.04 Å². The molecule has 0 heterocycles. The van der Waals surface area contributed by atoms with Crippen LogP contribution in [0.4, 0.5) is 4.79 Å². The first-order valence-corrected chi connectivity index (χ1v) is 7.59. The molecule has 0 aromatic heterocycles. The highest BCUT2D eigenvalue weighted by Gasteiger charge is 2.40. The second-order valence-electron chi connectivity index (χ2n) is 5.40. The van der Waals surface area contributed by atoms with Gasteiger partial charge in [0.25, 0.3) is 0 Å². The smallest absolute Gasteiger partial charge is 0.417 e. The second kappa shape index (κ2) is 9.87. The van der Waals surface area contributed by atoms with E-state index in [1.54, 1.807) is 30.3 Å². The van der Waals surface area contributed by atoms with E-state index in [1.807, 2.05) is 0 Å². The summed E-state index contributed by atoms with van der Waals surface area (Å²) in [6, 6.07) is 4.33. The van der Waals surface area contributed by atoms with Gasteiger partial charge in [0.05, 0.1) is 18.9 Å². The molecule has 0 bridgehead atoms. The molecule has 0 fully saturated rings. The van der Waals surface area contributed by atoms with Crippen molar-refractivity contribution in [3.05, 3.63) is 35.9 Å². The zero-order valence-electron chi connectivity index (χ0n) is 14.0. The van der Waals surface area contributed by atoms with E-state index >= 15 is 0 Å². The summed E-state index contributed by atoms with van der Waals surface area (Å²) in [7, 11) is 0. The molecular formula is C16H18N2O9. The van der Waals surface area contributed by atoms with E-state index in [-0.39, 0.29) is 11.5 Å². The summed E-state index contributed by atoms with van der Waals surface area (Å²) in [5.41, 5.74) is 5.94. The summed E-state index contributed by atoms with van der Waals surface area (Å²) in [4.78, 5) is 57.7. The lowest BCUT2D eigenvalue weighted by Crippen LogP contribution is -2.55. The Hall–Kier alpha value is -3.47. The van der Waals surface area contributed by atoms with Crippen molar-refractivity contribution in [2.24, 2.45) is 5.73 Å². The minimum Gasteiger partial charge on any atom is -0.481 e. The number of carboxylic acid groups (broad SMARTS) is 3. The van der Waals surface area contributed by atoms with Crippen LogP contribution in [0.1, 0.15) is 18.4 Å². The Labute approximate surface area is 152 Å². The van der Waals surface area contributed by atoms with E-state index in [0.717, 1.165) is 0 Å². The monoisotopic (exact) mass is 382 g/mol. The maximum Gasteiger partial charge on any atom is 0.417 e. The second-order valence-corrected chi connectivity index (χ2v) is 5.40. The molecular weight excluding hydrogens is 364 g/mol. The van der Waals surface area contributed by atoms with Crippen LogP contribution in [0.2, 0.25) is 0 Å². The van der Waals surface area contributed by atoms with Crippen molar-refractivity contribution >= 4 is 29.9 Å². The zero-order valence-corrected chi connectivity index (χ0v) is 14.0.